The van der Waals surface area contributed by atoms with Crippen molar-refractivity contribution in [3.8, 4) is 5.75 Å². The number of aliphatic hydroxyl groups excluding tert-OH is 1. The maximum atomic E-state index is 10.7. The van der Waals surface area contributed by atoms with E-state index in [0.29, 0.717) is 21.4 Å². The van der Waals surface area contributed by atoms with Crippen molar-refractivity contribution >= 4 is 23.2 Å². The molecule has 2 unspecified atom stereocenters. The number of para-hydroxylation sites is 1. The van der Waals surface area contributed by atoms with Crippen molar-refractivity contribution in [2.45, 2.75) is 12.0 Å². The van der Waals surface area contributed by atoms with Crippen LogP contribution in [0.1, 0.15) is 23.1 Å². The Morgan fingerprint density at radius 3 is 2.52 bits per heavy atom. The van der Waals surface area contributed by atoms with E-state index in [0.717, 1.165) is 5.56 Å². The van der Waals surface area contributed by atoms with Crippen LogP contribution in [-0.4, -0.2) is 18.8 Å². The Morgan fingerprint density at radius 1 is 1.14 bits per heavy atom. The summed E-state index contributed by atoms with van der Waals surface area (Å²) in [5.74, 6) is 0.349. The van der Waals surface area contributed by atoms with Crippen molar-refractivity contribution in [3.63, 3.8) is 0 Å². The molecule has 5 heteroatoms. The molecule has 0 saturated carbocycles. The zero-order valence-corrected chi connectivity index (χ0v) is 13.1. The Kier molecular flexibility index (Phi) is 5.48. The van der Waals surface area contributed by atoms with Gasteiger partial charge in [-0.2, -0.15) is 0 Å². The first-order valence-corrected chi connectivity index (χ1v) is 7.30. The van der Waals surface area contributed by atoms with Gasteiger partial charge in [-0.1, -0.05) is 41.4 Å². The molecule has 2 rings (SSSR count). The van der Waals surface area contributed by atoms with Crippen molar-refractivity contribution in [2.75, 3.05) is 13.7 Å². The maximum absolute atomic E-state index is 10.7. The SMILES string of the molecule is COc1ccccc1C(CN)C(O)c1cc(Cl)ccc1Cl. The molecule has 2 atom stereocenters. The molecule has 3 N–H and O–H groups in total. The second kappa shape index (κ2) is 7.14. The maximum Gasteiger partial charge on any atom is 0.122 e. The minimum absolute atomic E-state index is 0.254. The second-order valence-electron chi connectivity index (χ2n) is 4.69. The highest BCUT2D eigenvalue weighted by Crippen LogP contribution is 2.38. The molecular weight excluding hydrogens is 309 g/mol. The Balaban J connectivity index is 2.43. The Bertz CT molecular complexity index is 619. The van der Waals surface area contributed by atoms with Crippen LogP contribution in [0.5, 0.6) is 5.75 Å². The topological polar surface area (TPSA) is 55.5 Å². The van der Waals surface area contributed by atoms with Crippen LogP contribution in [0, 0.1) is 0 Å². The number of rotatable bonds is 5. The summed E-state index contributed by atoms with van der Waals surface area (Å²) in [5.41, 5.74) is 7.26. The fraction of sp³-hybridized carbons (Fsp3) is 0.250. The van der Waals surface area contributed by atoms with Gasteiger partial charge in [0.2, 0.25) is 0 Å². The Morgan fingerprint density at radius 2 is 1.86 bits per heavy atom. The molecule has 0 bridgehead atoms. The molecule has 2 aromatic rings. The van der Waals surface area contributed by atoms with Gasteiger partial charge in [-0.15, -0.1) is 0 Å². The van der Waals surface area contributed by atoms with Crippen molar-refractivity contribution in [2.24, 2.45) is 5.73 Å². The summed E-state index contributed by atoms with van der Waals surface area (Å²) in [7, 11) is 1.59. The van der Waals surface area contributed by atoms with Crippen LogP contribution < -0.4 is 10.5 Å². The third-order valence-corrected chi connectivity index (χ3v) is 4.03. The first kappa shape index (κ1) is 16.1. The standard InChI is InChI=1S/C16H17Cl2NO2/c1-21-15-5-3-2-4-11(15)13(9-19)16(20)12-8-10(17)6-7-14(12)18/h2-8,13,16,20H,9,19H2,1H3. The summed E-state index contributed by atoms with van der Waals surface area (Å²) in [4.78, 5) is 0. The summed E-state index contributed by atoms with van der Waals surface area (Å²) < 4.78 is 5.34. The summed E-state index contributed by atoms with van der Waals surface area (Å²) in [5, 5.41) is 11.7. The quantitative estimate of drug-likeness (QED) is 0.879. The lowest BCUT2D eigenvalue weighted by atomic mass is 9.88. The molecule has 21 heavy (non-hydrogen) atoms. The lowest BCUT2D eigenvalue weighted by molar-refractivity contribution is 0.146. The number of ether oxygens (including phenoxy) is 1. The first-order chi connectivity index (χ1) is 10.1. The van der Waals surface area contributed by atoms with Crippen molar-refractivity contribution in [3.05, 3.63) is 63.6 Å². The van der Waals surface area contributed by atoms with E-state index in [1.807, 2.05) is 24.3 Å². The molecule has 3 nitrogen and oxygen atoms in total. The van der Waals surface area contributed by atoms with Crippen LogP contribution >= 0.6 is 23.2 Å². The minimum atomic E-state index is -0.863. The van der Waals surface area contributed by atoms with Crippen LogP contribution in [-0.2, 0) is 0 Å². The summed E-state index contributed by atoms with van der Waals surface area (Å²) >= 11 is 12.2. The molecule has 0 saturated heterocycles. The van der Waals surface area contributed by atoms with E-state index < -0.39 is 6.10 Å². The van der Waals surface area contributed by atoms with E-state index >= 15 is 0 Å². The van der Waals surface area contributed by atoms with Crippen LogP contribution in [0.25, 0.3) is 0 Å². The van der Waals surface area contributed by atoms with E-state index in [-0.39, 0.29) is 12.5 Å². The lowest BCUT2D eigenvalue weighted by Crippen LogP contribution is -2.21. The van der Waals surface area contributed by atoms with Gasteiger partial charge in [-0.25, -0.2) is 0 Å². The second-order valence-corrected chi connectivity index (χ2v) is 5.54. The van der Waals surface area contributed by atoms with E-state index in [9.17, 15) is 5.11 Å². The molecular formula is C16H17Cl2NO2. The monoisotopic (exact) mass is 325 g/mol. The van der Waals surface area contributed by atoms with Gasteiger partial charge in [-0.05, 0) is 24.3 Å². The first-order valence-electron chi connectivity index (χ1n) is 6.54. The van der Waals surface area contributed by atoms with Gasteiger partial charge in [-0.3, -0.25) is 0 Å². The summed E-state index contributed by atoms with van der Waals surface area (Å²) in [6, 6.07) is 12.5. The van der Waals surface area contributed by atoms with Gasteiger partial charge in [0.1, 0.15) is 5.75 Å². The number of benzene rings is 2. The largest absolute Gasteiger partial charge is 0.496 e. The molecule has 0 aliphatic heterocycles. The highest BCUT2D eigenvalue weighted by Gasteiger charge is 2.26. The smallest absolute Gasteiger partial charge is 0.122 e. The van der Waals surface area contributed by atoms with Crippen LogP contribution in [0.3, 0.4) is 0 Å². The van der Waals surface area contributed by atoms with Crippen LogP contribution in [0.15, 0.2) is 42.5 Å². The molecule has 0 aliphatic carbocycles. The third kappa shape index (κ3) is 3.50. The fourth-order valence-electron chi connectivity index (χ4n) is 2.36. The number of hydrogen-bond donors (Lipinski definition) is 2. The van der Waals surface area contributed by atoms with Crippen molar-refractivity contribution in [1.82, 2.24) is 0 Å². The molecule has 0 aliphatic rings. The van der Waals surface area contributed by atoms with Crippen LogP contribution in [0.4, 0.5) is 0 Å². The minimum Gasteiger partial charge on any atom is -0.496 e. The average molecular weight is 326 g/mol. The molecule has 0 amide bonds. The Hall–Kier alpha value is -1.26. The number of nitrogens with two attached hydrogens (primary N) is 1. The van der Waals surface area contributed by atoms with Crippen molar-refractivity contribution < 1.29 is 9.84 Å². The van der Waals surface area contributed by atoms with E-state index in [4.69, 9.17) is 33.7 Å². The number of hydrogen-bond acceptors (Lipinski definition) is 3. The highest BCUT2D eigenvalue weighted by atomic mass is 35.5. The lowest BCUT2D eigenvalue weighted by Gasteiger charge is -2.24. The van der Waals surface area contributed by atoms with Crippen molar-refractivity contribution in [1.29, 1.82) is 0 Å². The molecule has 2 aromatic carbocycles. The van der Waals surface area contributed by atoms with Gasteiger partial charge in [0.15, 0.2) is 0 Å². The summed E-state index contributed by atoms with van der Waals surface area (Å²) in [6.07, 6.45) is -0.863. The number of halogens is 2. The van der Waals surface area contributed by atoms with E-state index in [1.54, 1.807) is 25.3 Å². The van der Waals surface area contributed by atoms with Gasteiger partial charge < -0.3 is 15.6 Å². The predicted molar refractivity (Wildman–Crippen MR) is 86.2 cm³/mol. The van der Waals surface area contributed by atoms with Gasteiger partial charge in [0.05, 0.1) is 13.2 Å². The third-order valence-electron chi connectivity index (χ3n) is 3.45. The Labute approximate surface area is 134 Å². The fourth-order valence-corrected chi connectivity index (χ4v) is 2.77. The highest BCUT2D eigenvalue weighted by molar-refractivity contribution is 6.33. The zero-order chi connectivity index (χ0) is 15.4. The molecule has 112 valence electrons. The van der Waals surface area contributed by atoms with Gasteiger partial charge in [0, 0.05) is 33.6 Å². The zero-order valence-electron chi connectivity index (χ0n) is 11.6. The molecule has 0 radical (unpaired) electrons. The molecule has 0 spiro atoms. The van der Waals surface area contributed by atoms with Crippen LogP contribution in [0.2, 0.25) is 10.0 Å². The molecule has 0 aromatic heterocycles. The van der Waals surface area contributed by atoms with E-state index in [2.05, 4.69) is 0 Å². The molecule has 0 heterocycles. The molecule has 0 fully saturated rings. The average Bonchev–Trinajstić information content (AvgIpc) is 2.50. The van der Waals surface area contributed by atoms with E-state index in [1.165, 1.54) is 0 Å². The summed E-state index contributed by atoms with van der Waals surface area (Å²) in [6.45, 7) is 0.254. The predicted octanol–water partition coefficient (Wildman–Crippen LogP) is 3.78. The van der Waals surface area contributed by atoms with Gasteiger partial charge in [0.25, 0.3) is 0 Å². The van der Waals surface area contributed by atoms with Gasteiger partial charge >= 0.3 is 0 Å². The number of methoxy groups -OCH3 is 1. The number of aliphatic hydroxyl groups is 1. The normalized spacial score (nSPS) is 13.8.